The second-order valence-corrected chi connectivity index (χ2v) is 7.88. The molecule has 3 aromatic rings. The van der Waals surface area contributed by atoms with Crippen LogP contribution in [0, 0.1) is 24.7 Å². The number of aromatic nitrogens is 3. The Labute approximate surface area is 194 Å². The SMILES string of the molecule is CNc1ccc(C#Cc2c(C)nc(N)nc2-c2cc(NC(=O)C3CC3)cc(C(F)(F)F)c2)cn1. The van der Waals surface area contributed by atoms with E-state index in [-0.39, 0.29) is 34.7 Å². The molecule has 0 bridgehead atoms. The number of nitrogens with zero attached hydrogens (tertiary/aromatic N) is 3. The van der Waals surface area contributed by atoms with Gasteiger partial charge < -0.3 is 16.4 Å². The third-order valence-corrected chi connectivity index (χ3v) is 5.21. The Hall–Kier alpha value is -4.13. The lowest BCUT2D eigenvalue weighted by Crippen LogP contribution is -2.15. The van der Waals surface area contributed by atoms with E-state index in [0.29, 0.717) is 22.6 Å². The Morgan fingerprint density at radius 2 is 1.91 bits per heavy atom. The summed E-state index contributed by atoms with van der Waals surface area (Å²) in [6, 6.07) is 6.81. The van der Waals surface area contributed by atoms with E-state index in [9.17, 15) is 18.0 Å². The number of hydrogen-bond acceptors (Lipinski definition) is 6. The summed E-state index contributed by atoms with van der Waals surface area (Å²) in [7, 11) is 1.74. The normalized spacial score (nSPS) is 13.1. The van der Waals surface area contributed by atoms with E-state index in [2.05, 4.69) is 37.4 Å². The summed E-state index contributed by atoms with van der Waals surface area (Å²) in [5.74, 6) is 5.99. The van der Waals surface area contributed by atoms with E-state index < -0.39 is 11.7 Å². The van der Waals surface area contributed by atoms with Gasteiger partial charge in [0, 0.05) is 36.0 Å². The van der Waals surface area contributed by atoms with Crippen LogP contribution in [0.2, 0.25) is 0 Å². The molecule has 7 nitrogen and oxygen atoms in total. The first-order valence-corrected chi connectivity index (χ1v) is 10.5. The zero-order valence-electron chi connectivity index (χ0n) is 18.4. The molecule has 10 heteroatoms. The number of nitrogen functional groups attached to an aromatic ring is 1. The minimum absolute atomic E-state index is 0.0299. The largest absolute Gasteiger partial charge is 0.416 e. The minimum Gasteiger partial charge on any atom is -0.373 e. The summed E-state index contributed by atoms with van der Waals surface area (Å²) in [4.78, 5) is 24.7. The first kappa shape index (κ1) is 23.0. The van der Waals surface area contributed by atoms with Crippen LogP contribution in [-0.2, 0) is 11.0 Å². The van der Waals surface area contributed by atoms with E-state index in [1.165, 1.54) is 6.07 Å². The molecule has 4 N–H and O–H groups in total. The molecule has 2 aromatic heterocycles. The Morgan fingerprint density at radius 3 is 2.53 bits per heavy atom. The summed E-state index contributed by atoms with van der Waals surface area (Å²) < 4.78 is 41.0. The summed E-state index contributed by atoms with van der Waals surface area (Å²) in [6.07, 6.45) is -1.61. The molecule has 1 amide bonds. The van der Waals surface area contributed by atoms with Gasteiger partial charge in [0.25, 0.3) is 0 Å². The molecule has 1 saturated carbocycles. The number of halogens is 3. The number of hydrogen-bond donors (Lipinski definition) is 3. The van der Waals surface area contributed by atoms with Crippen LogP contribution in [0.25, 0.3) is 11.3 Å². The van der Waals surface area contributed by atoms with E-state index in [1.54, 1.807) is 32.3 Å². The molecular formula is C24H21F3N6O. The average molecular weight is 466 g/mol. The van der Waals surface area contributed by atoms with Crippen molar-refractivity contribution < 1.29 is 18.0 Å². The minimum atomic E-state index is -4.63. The average Bonchev–Trinajstić information content (AvgIpc) is 3.63. The van der Waals surface area contributed by atoms with E-state index in [4.69, 9.17) is 5.73 Å². The first-order chi connectivity index (χ1) is 16.1. The number of carbonyl (C=O) groups excluding carboxylic acids is 1. The molecule has 0 unspecified atom stereocenters. The zero-order valence-corrected chi connectivity index (χ0v) is 18.4. The predicted octanol–water partition coefficient (Wildman–Crippen LogP) is 4.24. The van der Waals surface area contributed by atoms with Gasteiger partial charge in [0.15, 0.2) is 0 Å². The molecular weight excluding hydrogens is 445 g/mol. The van der Waals surface area contributed by atoms with Crippen LogP contribution in [0.5, 0.6) is 0 Å². The third-order valence-electron chi connectivity index (χ3n) is 5.21. The molecule has 1 fully saturated rings. The second-order valence-electron chi connectivity index (χ2n) is 7.88. The highest BCUT2D eigenvalue weighted by atomic mass is 19.4. The van der Waals surface area contributed by atoms with Gasteiger partial charge in [-0.1, -0.05) is 11.8 Å². The predicted molar refractivity (Wildman–Crippen MR) is 123 cm³/mol. The maximum atomic E-state index is 13.7. The molecule has 174 valence electrons. The van der Waals surface area contributed by atoms with E-state index in [1.807, 2.05) is 0 Å². The Kier molecular flexibility index (Phi) is 6.11. The molecule has 1 aliphatic carbocycles. The fourth-order valence-electron chi connectivity index (χ4n) is 3.29. The molecule has 2 heterocycles. The second kappa shape index (κ2) is 9.02. The molecule has 1 aromatic carbocycles. The van der Waals surface area contributed by atoms with Crippen LogP contribution in [-0.4, -0.2) is 27.9 Å². The van der Waals surface area contributed by atoms with Crippen molar-refractivity contribution in [3.05, 3.63) is 58.9 Å². The van der Waals surface area contributed by atoms with Crippen LogP contribution in [0.3, 0.4) is 0 Å². The van der Waals surface area contributed by atoms with Crippen LogP contribution in [0.4, 0.5) is 30.6 Å². The van der Waals surface area contributed by atoms with Crippen molar-refractivity contribution in [2.45, 2.75) is 25.9 Å². The first-order valence-electron chi connectivity index (χ1n) is 10.5. The lowest BCUT2D eigenvalue weighted by molar-refractivity contribution is -0.137. The number of pyridine rings is 1. The van der Waals surface area contributed by atoms with Gasteiger partial charge in [-0.05, 0) is 50.1 Å². The van der Waals surface area contributed by atoms with E-state index in [0.717, 1.165) is 25.0 Å². The van der Waals surface area contributed by atoms with Crippen LogP contribution >= 0.6 is 0 Å². The van der Waals surface area contributed by atoms with Gasteiger partial charge in [0.05, 0.1) is 22.5 Å². The monoisotopic (exact) mass is 466 g/mol. The quantitative estimate of drug-likeness (QED) is 0.497. The molecule has 34 heavy (non-hydrogen) atoms. The van der Waals surface area contributed by atoms with Gasteiger partial charge in [-0.2, -0.15) is 13.2 Å². The van der Waals surface area contributed by atoms with Gasteiger partial charge in [0.1, 0.15) is 5.82 Å². The number of alkyl halides is 3. The number of aryl methyl sites for hydroxylation is 1. The molecule has 0 atom stereocenters. The van der Waals surface area contributed by atoms with Crippen molar-refractivity contribution in [1.29, 1.82) is 0 Å². The lowest BCUT2D eigenvalue weighted by Gasteiger charge is -2.14. The van der Waals surface area contributed by atoms with Gasteiger partial charge >= 0.3 is 6.18 Å². The van der Waals surface area contributed by atoms with Crippen molar-refractivity contribution in [1.82, 2.24) is 15.0 Å². The Balaban J connectivity index is 1.81. The number of rotatable bonds is 4. The van der Waals surface area contributed by atoms with Gasteiger partial charge in [-0.25, -0.2) is 15.0 Å². The summed E-state index contributed by atoms with van der Waals surface area (Å²) >= 11 is 0. The standard InChI is InChI=1S/C24H21F3N6O/c1-13-19(7-3-14-4-8-20(29-2)30-12-14)21(33-23(28)31-13)16-9-17(24(25,26)27)11-18(10-16)32-22(34)15-5-6-15/h4,8-12,15H,5-6H2,1-2H3,(H,29,30)(H,32,34)(H2,28,31,33). The van der Waals surface area contributed by atoms with Gasteiger partial charge in [-0.3, -0.25) is 4.79 Å². The zero-order chi connectivity index (χ0) is 24.5. The van der Waals surface area contributed by atoms with Crippen molar-refractivity contribution in [2.75, 3.05) is 23.4 Å². The third kappa shape index (κ3) is 5.26. The molecule has 0 saturated heterocycles. The van der Waals surface area contributed by atoms with Crippen LogP contribution < -0.4 is 16.4 Å². The van der Waals surface area contributed by atoms with Crippen LogP contribution in [0.15, 0.2) is 36.5 Å². The Morgan fingerprint density at radius 1 is 1.15 bits per heavy atom. The molecule has 0 aliphatic heterocycles. The number of carbonyl (C=O) groups is 1. The Bertz CT molecular complexity index is 1310. The number of nitrogens with one attached hydrogen (secondary N) is 2. The van der Waals surface area contributed by atoms with Crippen LogP contribution in [0.1, 0.15) is 35.2 Å². The van der Waals surface area contributed by atoms with Crippen molar-refractivity contribution in [3.63, 3.8) is 0 Å². The molecule has 1 aliphatic rings. The van der Waals surface area contributed by atoms with Crippen molar-refractivity contribution in [2.24, 2.45) is 5.92 Å². The topological polar surface area (TPSA) is 106 Å². The summed E-state index contributed by atoms with van der Waals surface area (Å²) in [6.45, 7) is 1.65. The summed E-state index contributed by atoms with van der Waals surface area (Å²) in [5, 5.41) is 5.49. The van der Waals surface area contributed by atoms with E-state index >= 15 is 0 Å². The number of anilines is 3. The van der Waals surface area contributed by atoms with Gasteiger partial charge in [0.2, 0.25) is 11.9 Å². The highest BCUT2D eigenvalue weighted by molar-refractivity contribution is 5.95. The van der Waals surface area contributed by atoms with Crippen molar-refractivity contribution in [3.8, 4) is 23.1 Å². The lowest BCUT2D eigenvalue weighted by atomic mass is 10.0. The smallest absolute Gasteiger partial charge is 0.373 e. The van der Waals surface area contributed by atoms with Crippen molar-refractivity contribution >= 4 is 23.4 Å². The molecule has 4 rings (SSSR count). The number of benzene rings is 1. The highest BCUT2D eigenvalue weighted by Crippen LogP contribution is 2.37. The highest BCUT2D eigenvalue weighted by Gasteiger charge is 2.33. The molecule has 0 spiro atoms. The fraction of sp³-hybridized carbons (Fsp3) is 0.250. The number of amides is 1. The van der Waals surface area contributed by atoms with Gasteiger partial charge in [-0.15, -0.1) is 0 Å². The fourth-order valence-corrected chi connectivity index (χ4v) is 3.29. The number of nitrogens with two attached hydrogens (primary N) is 1. The maximum Gasteiger partial charge on any atom is 0.416 e. The summed E-state index contributed by atoms with van der Waals surface area (Å²) in [5.41, 5.74) is 6.52. The molecule has 0 radical (unpaired) electrons. The maximum absolute atomic E-state index is 13.7.